The van der Waals surface area contributed by atoms with Crippen LogP contribution in [-0.2, 0) is 4.74 Å². The van der Waals surface area contributed by atoms with E-state index in [1.165, 1.54) is 13.2 Å². The van der Waals surface area contributed by atoms with Gasteiger partial charge in [0.1, 0.15) is 5.75 Å². The highest BCUT2D eigenvalue weighted by Crippen LogP contribution is 2.22. The van der Waals surface area contributed by atoms with Gasteiger partial charge in [-0.25, -0.2) is 4.79 Å². The van der Waals surface area contributed by atoms with Crippen LogP contribution in [0.15, 0.2) is 18.2 Å². The van der Waals surface area contributed by atoms with Crippen LogP contribution in [-0.4, -0.2) is 30.8 Å². The van der Waals surface area contributed by atoms with Gasteiger partial charge in [-0.1, -0.05) is 15.9 Å². The van der Waals surface area contributed by atoms with Crippen LogP contribution in [0.2, 0.25) is 0 Å². The molecule has 98 valence electrons. The minimum absolute atomic E-state index is 0.0286. The monoisotopic (exact) mass is 314 g/mol. The molecule has 0 atom stereocenters. The lowest BCUT2D eigenvalue weighted by Crippen LogP contribution is -2.08. The van der Waals surface area contributed by atoms with Gasteiger partial charge in [0, 0.05) is 11.8 Å². The van der Waals surface area contributed by atoms with E-state index in [-0.39, 0.29) is 5.78 Å². The number of carbonyl (C=O) groups excluding carboxylic acids is 2. The third kappa shape index (κ3) is 3.57. The summed E-state index contributed by atoms with van der Waals surface area (Å²) in [5, 5.41) is 0.592. The lowest BCUT2D eigenvalue weighted by molar-refractivity contribution is 0.0525. The van der Waals surface area contributed by atoms with E-state index in [9.17, 15) is 9.59 Å². The Hall–Kier alpha value is -1.36. The van der Waals surface area contributed by atoms with E-state index in [0.717, 1.165) is 0 Å². The molecular weight excluding hydrogens is 300 g/mol. The van der Waals surface area contributed by atoms with Crippen molar-refractivity contribution in [1.82, 2.24) is 0 Å². The minimum Gasteiger partial charge on any atom is -0.496 e. The molecule has 0 heterocycles. The Morgan fingerprint density at radius 1 is 1.33 bits per heavy atom. The van der Waals surface area contributed by atoms with Crippen LogP contribution in [0.25, 0.3) is 0 Å². The molecule has 0 amide bonds. The molecular formula is C13H15BrO4. The van der Waals surface area contributed by atoms with Gasteiger partial charge in [0.15, 0.2) is 5.78 Å². The fourth-order valence-electron chi connectivity index (χ4n) is 1.48. The smallest absolute Gasteiger partial charge is 0.338 e. The van der Waals surface area contributed by atoms with Crippen LogP contribution >= 0.6 is 15.9 Å². The highest BCUT2D eigenvalue weighted by Gasteiger charge is 2.15. The molecule has 0 saturated carbocycles. The molecule has 0 aliphatic carbocycles. The number of hydrogen-bond donors (Lipinski definition) is 0. The van der Waals surface area contributed by atoms with Crippen molar-refractivity contribution in [3.05, 3.63) is 29.3 Å². The molecule has 4 nitrogen and oxygen atoms in total. The first-order valence-electron chi connectivity index (χ1n) is 5.58. The highest BCUT2D eigenvalue weighted by molar-refractivity contribution is 9.09. The molecule has 18 heavy (non-hydrogen) atoms. The summed E-state index contributed by atoms with van der Waals surface area (Å²) in [6.45, 7) is 2.05. The Balaban J connectivity index is 3.03. The van der Waals surface area contributed by atoms with Gasteiger partial charge >= 0.3 is 5.97 Å². The van der Waals surface area contributed by atoms with Crippen LogP contribution in [0.1, 0.15) is 34.1 Å². The van der Waals surface area contributed by atoms with Gasteiger partial charge in [-0.05, 0) is 25.1 Å². The molecule has 0 aliphatic heterocycles. The Kier molecular flexibility index (Phi) is 5.85. The molecule has 0 fully saturated rings. The molecule has 0 saturated heterocycles. The van der Waals surface area contributed by atoms with Gasteiger partial charge in [-0.3, -0.25) is 4.79 Å². The molecule has 0 radical (unpaired) electrons. The van der Waals surface area contributed by atoms with Crippen molar-refractivity contribution < 1.29 is 19.1 Å². The van der Waals surface area contributed by atoms with Crippen molar-refractivity contribution >= 4 is 27.7 Å². The van der Waals surface area contributed by atoms with Crippen molar-refractivity contribution in [1.29, 1.82) is 0 Å². The van der Waals surface area contributed by atoms with Gasteiger partial charge < -0.3 is 9.47 Å². The maximum atomic E-state index is 11.8. The van der Waals surface area contributed by atoms with Gasteiger partial charge in [-0.2, -0.15) is 0 Å². The van der Waals surface area contributed by atoms with E-state index in [4.69, 9.17) is 9.47 Å². The Morgan fingerprint density at radius 2 is 2.06 bits per heavy atom. The number of methoxy groups -OCH3 is 1. The van der Waals surface area contributed by atoms with Crippen LogP contribution in [0.4, 0.5) is 0 Å². The van der Waals surface area contributed by atoms with Gasteiger partial charge in [0.25, 0.3) is 0 Å². The second-order valence-electron chi connectivity index (χ2n) is 3.50. The van der Waals surface area contributed by atoms with E-state index < -0.39 is 5.97 Å². The molecule has 1 aromatic rings. The zero-order valence-electron chi connectivity index (χ0n) is 10.4. The molecule has 0 spiro atoms. The van der Waals surface area contributed by atoms with Gasteiger partial charge in [0.05, 0.1) is 24.8 Å². The molecule has 1 aromatic carbocycles. The largest absolute Gasteiger partial charge is 0.496 e. The number of esters is 1. The average molecular weight is 315 g/mol. The molecule has 0 unspecified atom stereocenters. The molecule has 0 N–H and O–H groups in total. The maximum absolute atomic E-state index is 11.8. The predicted octanol–water partition coefficient (Wildman–Crippen LogP) is 2.84. The molecule has 1 rings (SSSR count). The van der Waals surface area contributed by atoms with E-state index in [1.54, 1.807) is 19.1 Å². The second kappa shape index (κ2) is 7.16. The number of carbonyl (C=O) groups is 2. The number of halogens is 1. The van der Waals surface area contributed by atoms with E-state index in [1.807, 2.05) is 0 Å². The summed E-state index contributed by atoms with van der Waals surface area (Å²) in [5.74, 6) is -0.0547. The standard InChI is InChI=1S/C13H15BrO4/c1-3-18-13(16)9-4-5-10(11(15)6-7-14)12(8-9)17-2/h4-5,8H,3,6-7H2,1-2H3. The molecule has 0 aromatic heterocycles. The summed E-state index contributed by atoms with van der Waals surface area (Å²) >= 11 is 3.22. The second-order valence-corrected chi connectivity index (χ2v) is 4.29. The number of benzene rings is 1. The first kappa shape index (κ1) is 14.7. The predicted molar refractivity (Wildman–Crippen MR) is 71.7 cm³/mol. The quantitative estimate of drug-likeness (QED) is 0.460. The summed E-state index contributed by atoms with van der Waals surface area (Å²) in [4.78, 5) is 23.4. The van der Waals surface area contributed by atoms with E-state index in [0.29, 0.717) is 35.2 Å². The maximum Gasteiger partial charge on any atom is 0.338 e. The van der Waals surface area contributed by atoms with E-state index >= 15 is 0 Å². The van der Waals surface area contributed by atoms with Crippen LogP contribution in [0.3, 0.4) is 0 Å². The summed E-state index contributed by atoms with van der Waals surface area (Å²) < 4.78 is 10.0. The van der Waals surface area contributed by atoms with Crippen molar-refractivity contribution in [3.8, 4) is 5.75 Å². The number of ether oxygens (including phenoxy) is 2. The van der Waals surface area contributed by atoms with Crippen molar-refractivity contribution in [3.63, 3.8) is 0 Å². The van der Waals surface area contributed by atoms with Gasteiger partial charge in [0.2, 0.25) is 0 Å². The third-order valence-electron chi connectivity index (χ3n) is 2.33. The minimum atomic E-state index is -0.421. The number of ketones is 1. The van der Waals surface area contributed by atoms with Crippen molar-refractivity contribution in [2.75, 3.05) is 19.0 Å². The Labute approximate surface area is 114 Å². The number of rotatable bonds is 6. The number of hydrogen-bond acceptors (Lipinski definition) is 4. The number of Topliss-reactive ketones (excluding diaryl/α,β-unsaturated/α-hetero) is 1. The van der Waals surface area contributed by atoms with Crippen LogP contribution < -0.4 is 4.74 Å². The molecule has 5 heteroatoms. The normalized spacial score (nSPS) is 9.94. The lowest BCUT2D eigenvalue weighted by atomic mass is 10.1. The Bertz CT molecular complexity index is 443. The first-order chi connectivity index (χ1) is 8.63. The zero-order chi connectivity index (χ0) is 13.5. The summed E-state index contributed by atoms with van der Waals surface area (Å²) in [5.41, 5.74) is 0.856. The third-order valence-corrected chi connectivity index (χ3v) is 2.73. The fourth-order valence-corrected chi connectivity index (χ4v) is 1.84. The summed E-state index contributed by atoms with van der Waals surface area (Å²) in [7, 11) is 1.47. The van der Waals surface area contributed by atoms with Crippen LogP contribution in [0.5, 0.6) is 5.75 Å². The van der Waals surface area contributed by atoms with E-state index in [2.05, 4.69) is 15.9 Å². The topological polar surface area (TPSA) is 52.6 Å². The van der Waals surface area contributed by atoms with Gasteiger partial charge in [-0.15, -0.1) is 0 Å². The van der Waals surface area contributed by atoms with Crippen LogP contribution in [0, 0.1) is 0 Å². The average Bonchev–Trinajstić information content (AvgIpc) is 2.38. The SMILES string of the molecule is CCOC(=O)c1ccc(C(=O)CCBr)c(OC)c1. The Morgan fingerprint density at radius 3 is 2.61 bits per heavy atom. The fraction of sp³-hybridized carbons (Fsp3) is 0.385. The highest BCUT2D eigenvalue weighted by atomic mass is 79.9. The number of alkyl halides is 1. The van der Waals surface area contributed by atoms with Crippen molar-refractivity contribution in [2.24, 2.45) is 0 Å². The zero-order valence-corrected chi connectivity index (χ0v) is 12.0. The first-order valence-corrected chi connectivity index (χ1v) is 6.70. The summed E-state index contributed by atoms with van der Waals surface area (Å²) in [6.07, 6.45) is 0.384. The lowest BCUT2D eigenvalue weighted by Gasteiger charge is -2.09. The molecule has 0 aliphatic rings. The molecule has 0 bridgehead atoms. The summed E-state index contributed by atoms with van der Waals surface area (Å²) in [6, 6.07) is 4.69. The van der Waals surface area contributed by atoms with Crippen molar-refractivity contribution in [2.45, 2.75) is 13.3 Å².